The van der Waals surface area contributed by atoms with E-state index in [1.165, 1.54) is 12.1 Å². The molecule has 176 valence electrons. The van der Waals surface area contributed by atoms with E-state index in [9.17, 15) is 22.8 Å². The van der Waals surface area contributed by atoms with Gasteiger partial charge in [-0.3, -0.25) is 9.59 Å². The number of nitrogens with zero attached hydrogens (tertiary/aromatic N) is 1. The Labute approximate surface area is 191 Å². The second kappa shape index (κ2) is 9.55. The zero-order valence-corrected chi connectivity index (χ0v) is 18.5. The molecular formula is C25H28F3N3O2. The minimum absolute atomic E-state index is 0.257. The van der Waals surface area contributed by atoms with E-state index >= 15 is 0 Å². The Morgan fingerprint density at radius 3 is 2.39 bits per heavy atom. The van der Waals surface area contributed by atoms with Gasteiger partial charge in [0.15, 0.2) is 0 Å². The summed E-state index contributed by atoms with van der Waals surface area (Å²) in [5, 5.41) is 6.16. The molecule has 3 atom stereocenters. The van der Waals surface area contributed by atoms with E-state index in [1.54, 1.807) is 36.4 Å². The standard InChI is InChI=1S/C25H28F3N3O2/c1-16-4-6-18(7-5-16)23(32)30-21(24(33)31-14-25(27,28)15-31)3-2-12-29-22-13-20(22)17-8-10-19(26)11-9-17/h4-11,20-22,29H,2-3,12-15H2,1H3,(H,30,32)/t20-,21-,22+/m0/s1. The third-order valence-corrected chi connectivity index (χ3v) is 6.24. The van der Waals surface area contributed by atoms with Gasteiger partial charge in [-0.15, -0.1) is 0 Å². The number of rotatable bonds is 9. The van der Waals surface area contributed by atoms with Gasteiger partial charge in [-0.05, 0) is 62.6 Å². The molecule has 0 unspecified atom stereocenters. The van der Waals surface area contributed by atoms with Crippen molar-refractivity contribution in [3.63, 3.8) is 0 Å². The van der Waals surface area contributed by atoms with E-state index in [0.717, 1.165) is 22.4 Å². The Kier molecular flexibility index (Phi) is 6.74. The van der Waals surface area contributed by atoms with Gasteiger partial charge in [-0.2, -0.15) is 0 Å². The molecule has 33 heavy (non-hydrogen) atoms. The second-order valence-electron chi connectivity index (χ2n) is 9.04. The molecule has 4 rings (SSSR count). The van der Waals surface area contributed by atoms with Crippen LogP contribution in [0.2, 0.25) is 0 Å². The first-order valence-corrected chi connectivity index (χ1v) is 11.2. The predicted molar refractivity (Wildman–Crippen MR) is 119 cm³/mol. The van der Waals surface area contributed by atoms with Crippen molar-refractivity contribution in [2.24, 2.45) is 0 Å². The van der Waals surface area contributed by atoms with E-state index in [4.69, 9.17) is 0 Å². The molecule has 0 aromatic heterocycles. The highest BCUT2D eigenvalue weighted by Crippen LogP contribution is 2.40. The zero-order valence-electron chi connectivity index (χ0n) is 18.5. The monoisotopic (exact) mass is 459 g/mol. The van der Waals surface area contributed by atoms with Crippen molar-refractivity contribution in [2.75, 3.05) is 19.6 Å². The molecular weight excluding hydrogens is 431 g/mol. The lowest BCUT2D eigenvalue weighted by Crippen LogP contribution is -2.62. The molecule has 2 N–H and O–H groups in total. The SMILES string of the molecule is Cc1ccc(C(=O)N[C@@H](CCCN[C@@H]2C[C@H]2c2ccc(F)cc2)C(=O)N2CC(F)(F)C2)cc1. The first-order chi connectivity index (χ1) is 15.7. The molecule has 1 saturated heterocycles. The van der Waals surface area contributed by atoms with Crippen LogP contribution in [0.4, 0.5) is 13.2 Å². The first-order valence-electron chi connectivity index (χ1n) is 11.2. The van der Waals surface area contributed by atoms with Crippen molar-refractivity contribution in [2.45, 2.75) is 50.1 Å². The topological polar surface area (TPSA) is 61.4 Å². The van der Waals surface area contributed by atoms with Gasteiger partial charge in [0, 0.05) is 17.5 Å². The minimum Gasteiger partial charge on any atom is -0.340 e. The number of hydrogen-bond acceptors (Lipinski definition) is 3. The molecule has 2 aliphatic rings. The van der Waals surface area contributed by atoms with Gasteiger partial charge in [0.25, 0.3) is 11.8 Å². The second-order valence-corrected chi connectivity index (χ2v) is 9.04. The van der Waals surface area contributed by atoms with Crippen molar-refractivity contribution >= 4 is 11.8 Å². The minimum atomic E-state index is -2.86. The molecule has 0 radical (unpaired) electrons. The molecule has 8 heteroatoms. The van der Waals surface area contributed by atoms with Gasteiger partial charge in [0.1, 0.15) is 11.9 Å². The molecule has 2 aromatic carbocycles. The van der Waals surface area contributed by atoms with Crippen molar-refractivity contribution in [3.8, 4) is 0 Å². The van der Waals surface area contributed by atoms with Crippen LogP contribution in [0.3, 0.4) is 0 Å². The van der Waals surface area contributed by atoms with Gasteiger partial charge in [-0.25, -0.2) is 13.2 Å². The maximum Gasteiger partial charge on any atom is 0.282 e. The van der Waals surface area contributed by atoms with E-state index < -0.39 is 36.9 Å². The van der Waals surface area contributed by atoms with E-state index in [-0.39, 0.29) is 5.82 Å². The highest BCUT2D eigenvalue weighted by atomic mass is 19.3. The molecule has 1 aliphatic heterocycles. The summed E-state index contributed by atoms with van der Waals surface area (Å²) in [6.45, 7) is 1.32. The third-order valence-electron chi connectivity index (χ3n) is 6.24. The maximum absolute atomic E-state index is 13.3. The van der Waals surface area contributed by atoms with Crippen LogP contribution in [-0.4, -0.2) is 54.4 Å². The molecule has 1 aliphatic carbocycles. The molecule has 2 fully saturated rings. The van der Waals surface area contributed by atoms with Gasteiger partial charge in [0.2, 0.25) is 5.91 Å². The summed E-state index contributed by atoms with van der Waals surface area (Å²) < 4.78 is 39.6. The fraction of sp³-hybridized carbons (Fsp3) is 0.440. The lowest BCUT2D eigenvalue weighted by molar-refractivity contribution is -0.167. The first kappa shape index (κ1) is 23.3. The number of alkyl halides is 2. The number of aryl methyl sites for hydroxylation is 1. The summed E-state index contributed by atoms with van der Waals surface area (Å²) >= 11 is 0. The fourth-order valence-corrected chi connectivity index (χ4v) is 4.18. The van der Waals surface area contributed by atoms with Crippen molar-refractivity contribution in [1.82, 2.24) is 15.5 Å². The van der Waals surface area contributed by atoms with Gasteiger partial charge >= 0.3 is 0 Å². The van der Waals surface area contributed by atoms with E-state index in [1.807, 2.05) is 6.92 Å². The van der Waals surface area contributed by atoms with Crippen molar-refractivity contribution < 1.29 is 22.8 Å². The van der Waals surface area contributed by atoms with Crippen LogP contribution >= 0.6 is 0 Å². The molecule has 2 amide bonds. The number of nitrogens with one attached hydrogen (secondary N) is 2. The van der Waals surface area contributed by atoms with Crippen molar-refractivity contribution in [1.29, 1.82) is 0 Å². The molecule has 2 aromatic rings. The number of benzene rings is 2. The number of carbonyl (C=O) groups is 2. The van der Waals surface area contributed by atoms with Gasteiger partial charge in [-0.1, -0.05) is 29.8 Å². The lowest BCUT2D eigenvalue weighted by Gasteiger charge is -2.40. The van der Waals surface area contributed by atoms with Crippen LogP contribution in [0.25, 0.3) is 0 Å². The molecule has 1 saturated carbocycles. The number of hydrogen-bond donors (Lipinski definition) is 2. The smallest absolute Gasteiger partial charge is 0.282 e. The van der Waals surface area contributed by atoms with Crippen LogP contribution in [0, 0.1) is 12.7 Å². The Balaban J connectivity index is 1.29. The molecule has 1 heterocycles. The molecule has 0 bridgehead atoms. The Morgan fingerprint density at radius 2 is 1.76 bits per heavy atom. The highest BCUT2D eigenvalue weighted by molar-refractivity contribution is 5.97. The summed E-state index contributed by atoms with van der Waals surface area (Å²) in [5.74, 6) is -3.65. The van der Waals surface area contributed by atoms with E-state index in [0.29, 0.717) is 36.9 Å². The fourth-order valence-electron chi connectivity index (χ4n) is 4.18. The van der Waals surface area contributed by atoms with Crippen LogP contribution in [0.1, 0.15) is 46.7 Å². The zero-order chi connectivity index (χ0) is 23.6. The normalized spacial score (nSPS) is 21.8. The Morgan fingerprint density at radius 1 is 1.09 bits per heavy atom. The summed E-state index contributed by atoms with van der Waals surface area (Å²) in [7, 11) is 0. The highest BCUT2D eigenvalue weighted by Gasteiger charge is 2.47. The number of amides is 2. The van der Waals surface area contributed by atoms with E-state index in [2.05, 4.69) is 10.6 Å². The van der Waals surface area contributed by atoms with Crippen molar-refractivity contribution in [3.05, 3.63) is 71.0 Å². The Bertz CT molecular complexity index is 987. The molecule has 0 spiro atoms. The maximum atomic E-state index is 13.3. The van der Waals surface area contributed by atoms with Gasteiger partial charge < -0.3 is 15.5 Å². The quantitative estimate of drug-likeness (QED) is 0.563. The summed E-state index contributed by atoms with van der Waals surface area (Å²) in [4.78, 5) is 26.5. The predicted octanol–water partition coefficient (Wildman–Crippen LogP) is 3.64. The van der Waals surface area contributed by atoms with Gasteiger partial charge in [0.05, 0.1) is 13.1 Å². The number of carbonyl (C=O) groups excluding carboxylic acids is 2. The number of likely N-dealkylation sites (tertiary alicyclic amines) is 1. The lowest BCUT2D eigenvalue weighted by atomic mass is 10.0. The van der Waals surface area contributed by atoms with Crippen LogP contribution < -0.4 is 10.6 Å². The molecule has 5 nitrogen and oxygen atoms in total. The largest absolute Gasteiger partial charge is 0.340 e. The average molecular weight is 460 g/mol. The summed E-state index contributed by atoms with van der Waals surface area (Å²) in [6.07, 6.45) is 1.90. The van der Waals surface area contributed by atoms with Crippen LogP contribution in [0.15, 0.2) is 48.5 Å². The average Bonchev–Trinajstić information content (AvgIpc) is 3.54. The van der Waals surface area contributed by atoms with Crippen LogP contribution in [-0.2, 0) is 4.79 Å². The summed E-state index contributed by atoms with van der Waals surface area (Å²) in [5.41, 5.74) is 2.52. The number of halogens is 3. The van der Waals surface area contributed by atoms with Crippen LogP contribution in [0.5, 0.6) is 0 Å². The third kappa shape index (κ3) is 5.93. The summed E-state index contributed by atoms with van der Waals surface area (Å²) in [6, 6.07) is 12.9. The Hall–Kier alpha value is -2.87.